The standard InChI is InChI=1S/C17H20ClN/c1-11-5-4-6-14(7-11)10-17(19)15-8-12(2)13(3)9-16(15)18/h4-9,17H,10,19H2,1-3H3. The second kappa shape index (κ2) is 5.77. The highest BCUT2D eigenvalue weighted by Crippen LogP contribution is 2.27. The summed E-state index contributed by atoms with van der Waals surface area (Å²) in [6.07, 6.45) is 0.809. The quantitative estimate of drug-likeness (QED) is 0.875. The van der Waals surface area contributed by atoms with Gasteiger partial charge in [-0.1, -0.05) is 47.5 Å². The summed E-state index contributed by atoms with van der Waals surface area (Å²) < 4.78 is 0. The molecular weight excluding hydrogens is 254 g/mol. The van der Waals surface area contributed by atoms with Gasteiger partial charge in [0.2, 0.25) is 0 Å². The summed E-state index contributed by atoms with van der Waals surface area (Å²) in [5, 5.41) is 0.767. The minimum Gasteiger partial charge on any atom is -0.324 e. The highest BCUT2D eigenvalue weighted by Gasteiger charge is 2.12. The molecule has 0 saturated carbocycles. The first kappa shape index (κ1) is 14.1. The molecule has 1 atom stereocenters. The van der Waals surface area contributed by atoms with Crippen LogP contribution in [-0.4, -0.2) is 0 Å². The Morgan fingerprint density at radius 2 is 1.74 bits per heavy atom. The van der Waals surface area contributed by atoms with Gasteiger partial charge in [-0.3, -0.25) is 0 Å². The van der Waals surface area contributed by atoms with Crippen molar-refractivity contribution in [2.45, 2.75) is 33.2 Å². The second-order valence-corrected chi connectivity index (χ2v) is 5.66. The van der Waals surface area contributed by atoms with Gasteiger partial charge in [-0.05, 0) is 55.5 Å². The average Bonchev–Trinajstić information content (AvgIpc) is 2.33. The average molecular weight is 274 g/mol. The summed E-state index contributed by atoms with van der Waals surface area (Å²) in [4.78, 5) is 0. The molecular formula is C17H20ClN. The lowest BCUT2D eigenvalue weighted by molar-refractivity contribution is 0.720. The molecule has 0 radical (unpaired) electrons. The molecule has 0 aromatic heterocycles. The van der Waals surface area contributed by atoms with Crippen LogP contribution >= 0.6 is 11.6 Å². The van der Waals surface area contributed by atoms with Gasteiger partial charge in [-0.15, -0.1) is 0 Å². The van der Waals surface area contributed by atoms with Gasteiger partial charge in [-0.25, -0.2) is 0 Å². The molecule has 2 N–H and O–H groups in total. The maximum absolute atomic E-state index is 6.31. The number of halogens is 1. The fourth-order valence-corrected chi connectivity index (χ4v) is 2.65. The third-order valence-electron chi connectivity index (χ3n) is 3.55. The lowest BCUT2D eigenvalue weighted by atomic mass is 9.96. The largest absolute Gasteiger partial charge is 0.324 e. The van der Waals surface area contributed by atoms with E-state index in [1.165, 1.54) is 22.3 Å². The molecule has 0 aliphatic heterocycles. The van der Waals surface area contributed by atoms with Crippen molar-refractivity contribution in [1.82, 2.24) is 0 Å². The van der Waals surface area contributed by atoms with Crippen molar-refractivity contribution < 1.29 is 0 Å². The first-order valence-corrected chi connectivity index (χ1v) is 6.93. The molecule has 1 nitrogen and oxygen atoms in total. The van der Waals surface area contributed by atoms with E-state index < -0.39 is 0 Å². The number of rotatable bonds is 3. The lowest BCUT2D eigenvalue weighted by Crippen LogP contribution is -2.14. The van der Waals surface area contributed by atoms with Gasteiger partial charge >= 0.3 is 0 Å². The van der Waals surface area contributed by atoms with Crippen LogP contribution in [-0.2, 0) is 6.42 Å². The van der Waals surface area contributed by atoms with Crippen molar-refractivity contribution in [2.75, 3.05) is 0 Å². The van der Waals surface area contributed by atoms with Crippen molar-refractivity contribution in [3.63, 3.8) is 0 Å². The molecule has 2 rings (SSSR count). The number of aryl methyl sites for hydroxylation is 3. The summed E-state index contributed by atoms with van der Waals surface area (Å²) >= 11 is 6.31. The summed E-state index contributed by atoms with van der Waals surface area (Å²) in [5.41, 5.74) is 12.3. The molecule has 0 aliphatic rings. The predicted molar refractivity (Wildman–Crippen MR) is 82.7 cm³/mol. The van der Waals surface area contributed by atoms with Gasteiger partial charge in [0, 0.05) is 11.1 Å². The van der Waals surface area contributed by atoms with E-state index in [9.17, 15) is 0 Å². The Kier molecular flexibility index (Phi) is 4.28. The fraction of sp³-hybridized carbons (Fsp3) is 0.294. The number of hydrogen-bond acceptors (Lipinski definition) is 1. The summed E-state index contributed by atoms with van der Waals surface area (Å²) in [7, 11) is 0. The Hall–Kier alpha value is -1.31. The molecule has 19 heavy (non-hydrogen) atoms. The zero-order valence-corrected chi connectivity index (χ0v) is 12.5. The Morgan fingerprint density at radius 1 is 1.05 bits per heavy atom. The number of benzene rings is 2. The number of hydrogen-bond donors (Lipinski definition) is 1. The van der Waals surface area contributed by atoms with Crippen LogP contribution in [0.2, 0.25) is 5.02 Å². The topological polar surface area (TPSA) is 26.0 Å². The Morgan fingerprint density at radius 3 is 2.42 bits per heavy atom. The predicted octanol–water partition coefficient (Wildman–Crippen LogP) is 4.51. The van der Waals surface area contributed by atoms with Crippen molar-refractivity contribution in [1.29, 1.82) is 0 Å². The maximum Gasteiger partial charge on any atom is 0.0456 e. The van der Waals surface area contributed by atoms with Crippen LogP contribution < -0.4 is 5.73 Å². The van der Waals surface area contributed by atoms with Crippen LogP contribution in [0.15, 0.2) is 36.4 Å². The van der Waals surface area contributed by atoms with Gasteiger partial charge in [-0.2, -0.15) is 0 Å². The zero-order chi connectivity index (χ0) is 14.0. The lowest BCUT2D eigenvalue weighted by Gasteiger charge is -2.16. The van der Waals surface area contributed by atoms with E-state index in [1.807, 2.05) is 6.07 Å². The molecule has 0 heterocycles. The highest BCUT2D eigenvalue weighted by molar-refractivity contribution is 6.31. The zero-order valence-electron chi connectivity index (χ0n) is 11.7. The van der Waals surface area contributed by atoms with E-state index >= 15 is 0 Å². The number of nitrogens with two attached hydrogens (primary N) is 1. The smallest absolute Gasteiger partial charge is 0.0456 e. The Bertz CT molecular complexity index is 590. The molecule has 0 bridgehead atoms. The van der Waals surface area contributed by atoms with Crippen molar-refractivity contribution in [3.05, 3.63) is 69.2 Å². The summed E-state index contributed by atoms with van der Waals surface area (Å²) in [5.74, 6) is 0. The molecule has 0 amide bonds. The van der Waals surface area contributed by atoms with Gasteiger partial charge in [0.15, 0.2) is 0 Å². The molecule has 1 unspecified atom stereocenters. The fourth-order valence-electron chi connectivity index (χ4n) is 2.29. The monoisotopic (exact) mass is 273 g/mol. The third kappa shape index (κ3) is 3.37. The van der Waals surface area contributed by atoms with E-state index in [0.29, 0.717) is 0 Å². The van der Waals surface area contributed by atoms with E-state index in [2.05, 4.69) is 51.1 Å². The van der Waals surface area contributed by atoms with Gasteiger partial charge in [0.25, 0.3) is 0 Å². The van der Waals surface area contributed by atoms with Crippen molar-refractivity contribution in [2.24, 2.45) is 5.73 Å². The normalized spacial score (nSPS) is 12.5. The van der Waals surface area contributed by atoms with Crippen molar-refractivity contribution >= 4 is 11.6 Å². The van der Waals surface area contributed by atoms with E-state index in [-0.39, 0.29) is 6.04 Å². The molecule has 2 aromatic rings. The van der Waals surface area contributed by atoms with Crippen LogP contribution in [0.5, 0.6) is 0 Å². The SMILES string of the molecule is Cc1cccc(CC(N)c2cc(C)c(C)cc2Cl)c1. The molecule has 2 aromatic carbocycles. The molecule has 0 saturated heterocycles. The van der Waals surface area contributed by atoms with Crippen LogP contribution in [0, 0.1) is 20.8 Å². The van der Waals surface area contributed by atoms with Gasteiger partial charge < -0.3 is 5.73 Å². The van der Waals surface area contributed by atoms with E-state index in [4.69, 9.17) is 17.3 Å². The van der Waals surface area contributed by atoms with Crippen molar-refractivity contribution in [3.8, 4) is 0 Å². The third-order valence-corrected chi connectivity index (χ3v) is 3.88. The van der Waals surface area contributed by atoms with Crippen LogP contribution in [0.4, 0.5) is 0 Å². The van der Waals surface area contributed by atoms with Crippen LogP contribution in [0.25, 0.3) is 0 Å². The highest BCUT2D eigenvalue weighted by atomic mass is 35.5. The Balaban J connectivity index is 2.25. The molecule has 2 heteroatoms. The minimum atomic E-state index is -0.0615. The molecule has 0 spiro atoms. The minimum absolute atomic E-state index is 0.0615. The first-order chi connectivity index (χ1) is 8.97. The van der Waals surface area contributed by atoms with Gasteiger partial charge in [0.1, 0.15) is 0 Å². The summed E-state index contributed by atoms with van der Waals surface area (Å²) in [6.45, 7) is 6.25. The summed E-state index contributed by atoms with van der Waals surface area (Å²) in [6, 6.07) is 12.5. The van der Waals surface area contributed by atoms with Gasteiger partial charge in [0.05, 0.1) is 0 Å². The van der Waals surface area contributed by atoms with Crippen LogP contribution in [0.3, 0.4) is 0 Å². The first-order valence-electron chi connectivity index (χ1n) is 6.55. The molecule has 0 aliphatic carbocycles. The van der Waals surface area contributed by atoms with E-state index in [1.54, 1.807) is 0 Å². The molecule has 100 valence electrons. The van der Waals surface area contributed by atoms with E-state index in [0.717, 1.165) is 17.0 Å². The Labute approximate surface area is 120 Å². The second-order valence-electron chi connectivity index (χ2n) is 5.26. The molecule has 0 fully saturated rings. The van der Waals surface area contributed by atoms with Crippen LogP contribution in [0.1, 0.15) is 33.9 Å². The maximum atomic E-state index is 6.31.